The van der Waals surface area contributed by atoms with Gasteiger partial charge in [0.15, 0.2) is 0 Å². The van der Waals surface area contributed by atoms with E-state index in [9.17, 15) is 14.4 Å². The number of thioether (sulfide) groups is 1. The molecule has 7 atom stereocenters. The second-order valence-corrected chi connectivity index (χ2v) is 12.4. The molecule has 4 aliphatic rings. The third kappa shape index (κ3) is 2.99. The standard InChI is InChI=1S/C26H21ClN2O4S2/c1-33-14-8-2-11(3-9-14)17-18-15-10-16(21(18)34-23-22(17)35-26(32)28-23)20-19(15)24(30)29(25(20)31)13-6-4-12(27)5-7-13/h2-9,15-21H,10H2,1H3,(H,28,32)/t15-,16+,17-,18+,19+,20+,21-/m0/s1. The zero-order valence-corrected chi connectivity index (χ0v) is 21.0. The lowest BCUT2D eigenvalue weighted by Crippen LogP contribution is -2.42. The van der Waals surface area contributed by atoms with Crippen molar-refractivity contribution in [1.29, 1.82) is 0 Å². The molecule has 1 N–H and O–H groups in total. The SMILES string of the molecule is COc1ccc([C@@H]2c3sc(=O)[nH]c3S[C@H]3[C@@H]4C[C@H]([C@H]5C(=O)N(c6ccc(Cl)cc6)C(=O)[C@H]45)[C@H]23)cc1. The van der Waals surface area contributed by atoms with Crippen LogP contribution in [0.3, 0.4) is 0 Å². The van der Waals surface area contributed by atoms with Crippen LogP contribution in [-0.4, -0.2) is 29.2 Å². The molecule has 35 heavy (non-hydrogen) atoms. The fourth-order valence-electron chi connectivity index (χ4n) is 7.05. The molecule has 2 aromatic carbocycles. The highest BCUT2D eigenvalue weighted by atomic mass is 35.5. The van der Waals surface area contributed by atoms with Crippen molar-refractivity contribution in [3.05, 3.63) is 73.7 Å². The number of nitrogens with one attached hydrogen (secondary N) is 1. The molecule has 2 saturated carbocycles. The lowest BCUT2D eigenvalue weighted by molar-refractivity contribution is -0.123. The van der Waals surface area contributed by atoms with Crippen molar-refractivity contribution in [2.24, 2.45) is 29.6 Å². The summed E-state index contributed by atoms with van der Waals surface area (Å²) in [5, 5.41) is 1.66. The first-order valence-corrected chi connectivity index (χ1v) is 13.7. The van der Waals surface area contributed by atoms with Crippen molar-refractivity contribution in [3.63, 3.8) is 0 Å². The average Bonchev–Trinajstić information content (AvgIpc) is 3.59. The lowest BCUT2D eigenvalue weighted by Gasteiger charge is -2.43. The molecule has 2 bridgehead atoms. The van der Waals surface area contributed by atoms with E-state index in [1.807, 2.05) is 12.1 Å². The topological polar surface area (TPSA) is 79.5 Å². The summed E-state index contributed by atoms with van der Waals surface area (Å²) in [6, 6.07) is 14.9. The Balaban J connectivity index is 1.31. The number of carbonyl (C=O) groups excluding carboxylic acids is 2. The molecule has 178 valence electrons. The van der Waals surface area contributed by atoms with Gasteiger partial charge in [-0.05, 0) is 66.1 Å². The summed E-state index contributed by atoms with van der Waals surface area (Å²) in [5.74, 6) is 0.346. The van der Waals surface area contributed by atoms with Crippen LogP contribution in [0.4, 0.5) is 5.69 Å². The Morgan fingerprint density at radius 2 is 1.66 bits per heavy atom. The highest BCUT2D eigenvalue weighted by Crippen LogP contribution is 2.68. The molecule has 1 saturated heterocycles. The Labute approximate surface area is 214 Å². The van der Waals surface area contributed by atoms with Gasteiger partial charge in [-0.25, -0.2) is 0 Å². The number of nitrogens with zero attached hydrogens (tertiary/aromatic N) is 1. The molecule has 2 aliphatic heterocycles. The highest BCUT2D eigenvalue weighted by molar-refractivity contribution is 8.00. The number of hydrogen-bond acceptors (Lipinski definition) is 6. The van der Waals surface area contributed by atoms with Crippen LogP contribution in [0.15, 0.2) is 58.4 Å². The van der Waals surface area contributed by atoms with E-state index in [0.717, 1.165) is 27.6 Å². The van der Waals surface area contributed by atoms with Gasteiger partial charge in [0.1, 0.15) is 5.75 Å². The first-order valence-electron chi connectivity index (χ1n) is 11.6. The Bertz CT molecular complexity index is 1420. The summed E-state index contributed by atoms with van der Waals surface area (Å²) in [6.45, 7) is 0. The van der Waals surface area contributed by atoms with Crippen molar-refractivity contribution in [2.75, 3.05) is 12.0 Å². The Kier molecular flexibility index (Phi) is 4.79. The van der Waals surface area contributed by atoms with Crippen LogP contribution in [0.25, 0.3) is 0 Å². The average molecular weight is 525 g/mol. The van der Waals surface area contributed by atoms with Crippen LogP contribution >= 0.6 is 34.7 Å². The number of imide groups is 1. The van der Waals surface area contributed by atoms with Gasteiger partial charge in [-0.1, -0.05) is 35.1 Å². The number of rotatable bonds is 3. The molecule has 9 heteroatoms. The number of benzene rings is 2. The van der Waals surface area contributed by atoms with Crippen LogP contribution in [-0.2, 0) is 9.59 Å². The summed E-state index contributed by atoms with van der Waals surface area (Å²) in [7, 11) is 1.64. The van der Waals surface area contributed by atoms with Crippen molar-refractivity contribution in [2.45, 2.75) is 22.6 Å². The molecule has 3 fully saturated rings. The summed E-state index contributed by atoms with van der Waals surface area (Å²) < 4.78 is 5.36. The van der Waals surface area contributed by atoms with Crippen LogP contribution in [0, 0.1) is 29.6 Å². The number of anilines is 1. The van der Waals surface area contributed by atoms with Gasteiger partial charge in [-0.2, -0.15) is 0 Å². The molecule has 0 unspecified atom stereocenters. The van der Waals surface area contributed by atoms with Gasteiger partial charge in [0.05, 0.1) is 29.7 Å². The van der Waals surface area contributed by atoms with E-state index in [-0.39, 0.29) is 57.4 Å². The molecule has 2 aliphatic carbocycles. The first kappa shape index (κ1) is 21.7. The van der Waals surface area contributed by atoms with E-state index in [4.69, 9.17) is 16.3 Å². The van der Waals surface area contributed by atoms with Crippen molar-refractivity contribution >= 4 is 52.2 Å². The normalized spacial score (nSPS) is 32.5. The minimum absolute atomic E-state index is 0.00883. The van der Waals surface area contributed by atoms with Gasteiger partial charge in [-0.15, -0.1) is 11.8 Å². The van der Waals surface area contributed by atoms with Gasteiger partial charge in [0, 0.05) is 21.1 Å². The summed E-state index contributed by atoms with van der Waals surface area (Å²) in [5.41, 5.74) is 1.71. The number of aromatic amines is 1. The van der Waals surface area contributed by atoms with Gasteiger partial charge in [-0.3, -0.25) is 19.3 Å². The molecule has 2 amide bonds. The maximum absolute atomic E-state index is 13.7. The lowest BCUT2D eigenvalue weighted by atomic mass is 9.68. The maximum Gasteiger partial charge on any atom is 0.305 e. The quantitative estimate of drug-likeness (QED) is 0.499. The molecule has 6 nitrogen and oxygen atoms in total. The fraction of sp³-hybridized carbons (Fsp3) is 0.346. The zero-order valence-electron chi connectivity index (χ0n) is 18.6. The van der Waals surface area contributed by atoms with E-state index in [1.54, 1.807) is 43.1 Å². The highest BCUT2D eigenvalue weighted by Gasteiger charge is 2.69. The smallest absolute Gasteiger partial charge is 0.305 e. The van der Waals surface area contributed by atoms with Crippen molar-refractivity contribution in [1.82, 2.24) is 4.98 Å². The van der Waals surface area contributed by atoms with E-state index in [2.05, 4.69) is 17.1 Å². The summed E-state index contributed by atoms with van der Waals surface area (Å²) in [4.78, 5) is 45.1. The number of amides is 2. The molecule has 1 aromatic heterocycles. The Morgan fingerprint density at radius 3 is 2.34 bits per heavy atom. The van der Waals surface area contributed by atoms with Gasteiger partial charge in [0.25, 0.3) is 0 Å². The number of carbonyl (C=O) groups is 2. The minimum Gasteiger partial charge on any atom is -0.497 e. The molecule has 3 aromatic rings. The van der Waals surface area contributed by atoms with E-state index >= 15 is 0 Å². The zero-order chi connectivity index (χ0) is 24.0. The van der Waals surface area contributed by atoms with Crippen LogP contribution in [0.2, 0.25) is 5.02 Å². The number of aromatic nitrogens is 1. The third-order valence-corrected chi connectivity index (χ3v) is 11.1. The second-order valence-electron chi connectivity index (χ2n) is 9.72. The van der Waals surface area contributed by atoms with Gasteiger partial charge in [0.2, 0.25) is 11.8 Å². The van der Waals surface area contributed by atoms with E-state index in [1.165, 1.54) is 16.2 Å². The maximum atomic E-state index is 13.7. The predicted octanol–water partition coefficient (Wildman–Crippen LogP) is 4.78. The molecular formula is C26H21ClN2O4S2. The van der Waals surface area contributed by atoms with Crippen LogP contribution in [0.5, 0.6) is 5.75 Å². The number of H-pyrrole nitrogens is 1. The molecule has 7 rings (SSSR count). The van der Waals surface area contributed by atoms with Gasteiger partial charge < -0.3 is 9.72 Å². The van der Waals surface area contributed by atoms with Gasteiger partial charge >= 0.3 is 4.87 Å². The summed E-state index contributed by atoms with van der Waals surface area (Å²) in [6.07, 6.45) is 0.870. The number of fused-ring (bicyclic) bond motifs is 9. The molecule has 3 heterocycles. The molecule has 0 radical (unpaired) electrons. The number of hydrogen-bond donors (Lipinski definition) is 1. The predicted molar refractivity (Wildman–Crippen MR) is 135 cm³/mol. The molecular weight excluding hydrogens is 504 g/mol. The Morgan fingerprint density at radius 1 is 0.971 bits per heavy atom. The minimum atomic E-state index is -0.317. The number of ether oxygens (including phenoxy) is 1. The monoisotopic (exact) mass is 524 g/mol. The first-order chi connectivity index (χ1) is 17.0. The number of methoxy groups -OCH3 is 1. The third-order valence-electron chi connectivity index (χ3n) is 8.28. The van der Waals surface area contributed by atoms with Crippen molar-refractivity contribution in [3.8, 4) is 5.75 Å². The number of thiazole rings is 1. The van der Waals surface area contributed by atoms with E-state index < -0.39 is 0 Å². The Hall–Kier alpha value is -2.55. The van der Waals surface area contributed by atoms with Crippen molar-refractivity contribution < 1.29 is 14.3 Å². The summed E-state index contributed by atoms with van der Waals surface area (Å²) >= 11 is 9.01. The molecule has 0 spiro atoms. The van der Waals surface area contributed by atoms with Crippen LogP contribution < -0.4 is 14.5 Å². The second kappa shape index (κ2) is 7.72. The fourth-order valence-corrected chi connectivity index (χ4v) is 10.1. The number of halogens is 1. The largest absolute Gasteiger partial charge is 0.497 e. The van der Waals surface area contributed by atoms with Crippen LogP contribution in [0.1, 0.15) is 22.8 Å². The van der Waals surface area contributed by atoms with E-state index in [0.29, 0.717) is 10.7 Å².